The Morgan fingerprint density at radius 3 is 2.25 bits per heavy atom. The van der Waals surface area contributed by atoms with Gasteiger partial charge in [0.1, 0.15) is 17.2 Å². The summed E-state index contributed by atoms with van der Waals surface area (Å²) in [5.74, 6) is -0.0620. The zero-order valence-electron chi connectivity index (χ0n) is 17.1. The number of hydrogen-bond acceptors (Lipinski definition) is 5. The van der Waals surface area contributed by atoms with Crippen molar-refractivity contribution in [1.29, 1.82) is 0 Å². The molecule has 2 N–H and O–H groups in total. The van der Waals surface area contributed by atoms with E-state index in [9.17, 15) is 18.0 Å². The van der Waals surface area contributed by atoms with Gasteiger partial charge in [-0.2, -0.15) is 13.2 Å². The number of nitrogens with zero attached hydrogens (tertiary/aromatic N) is 3. The summed E-state index contributed by atoms with van der Waals surface area (Å²) in [7, 11) is 3.84. The van der Waals surface area contributed by atoms with Crippen LogP contribution in [-0.2, 0) is 6.18 Å². The number of hydrogen-bond donors (Lipinski definition) is 2. The van der Waals surface area contributed by atoms with E-state index >= 15 is 0 Å². The average Bonchev–Trinajstić information content (AvgIpc) is 3.43. The fourth-order valence-electron chi connectivity index (χ4n) is 3.06. The van der Waals surface area contributed by atoms with Crippen LogP contribution >= 0.6 is 11.3 Å². The van der Waals surface area contributed by atoms with E-state index in [1.165, 1.54) is 23.5 Å². The van der Waals surface area contributed by atoms with Gasteiger partial charge in [-0.3, -0.25) is 10.1 Å². The average molecular weight is 457 g/mol. The smallest absolute Gasteiger partial charge is 0.378 e. The number of alkyl halides is 3. The zero-order chi connectivity index (χ0) is 22.9. The first-order chi connectivity index (χ1) is 15.2. The van der Waals surface area contributed by atoms with Gasteiger partial charge in [-0.15, -0.1) is 11.3 Å². The topological polar surface area (TPSA) is 73.9 Å². The maximum atomic E-state index is 13.0. The van der Waals surface area contributed by atoms with E-state index in [-0.39, 0.29) is 11.4 Å². The van der Waals surface area contributed by atoms with E-state index in [0.717, 1.165) is 23.4 Å². The summed E-state index contributed by atoms with van der Waals surface area (Å²) in [5, 5.41) is 4.81. The quantitative estimate of drug-likeness (QED) is 0.413. The Bertz CT molecular complexity index is 1210. The SMILES string of the molecule is CN(C)c1ccc(-c2nc(-c3ccc(C(F)(F)F)cc3)c(C(=O)Nc3nccs3)[nH]2)cc1. The first-order valence-corrected chi connectivity index (χ1v) is 10.4. The van der Waals surface area contributed by atoms with Gasteiger partial charge < -0.3 is 9.88 Å². The van der Waals surface area contributed by atoms with Gasteiger partial charge in [0.05, 0.1) is 5.56 Å². The lowest BCUT2D eigenvalue weighted by atomic mass is 10.1. The summed E-state index contributed by atoms with van der Waals surface area (Å²) in [6, 6.07) is 12.1. The molecule has 0 aliphatic heterocycles. The highest BCUT2D eigenvalue weighted by molar-refractivity contribution is 7.13. The Morgan fingerprint density at radius 1 is 1.03 bits per heavy atom. The molecule has 0 fully saturated rings. The normalized spacial score (nSPS) is 11.4. The summed E-state index contributed by atoms with van der Waals surface area (Å²) >= 11 is 1.25. The molecule has 0 saturated heterocycles. The molecular formula is C22H18F3N5OS. The number of carbonyl (C=O) groups excluding carboxylic acids is 1. The number of thiazole rings is 1. The molecule has 0 radical (unpaired) electrons. The van der Waals surface area contributed by atoms with E-state index in [1.807, 2.05) is 43.3 Å². The van der Waals surface area contributed by atoms with Crippen LogP contribution in [0.4, 0.5) is 24.0 Å². The molecule has 0 unspecified atom stereocenters. The lowest BCUT2D eigenvalue weighted by Crippen LogP contribution is -2.13. The third-order valence-electron chi connectivity index (χ3n) is 4.73. The summed E-state index contributed by atoms with van der Waals surface area (Å²) in [5.41, 5.74) is 1.72. The second kappa shape index (κ2) is 8.46. The van der Waals surface area contributed by atoms with E-state index in [0.29, 0.717) is 16.5 Å². The van der Waals surface area contributed by atoms with Crippen LogP contribution in [0.25, 0.3) is 22.6 Å². The Labute approximate surface area is 185 Å². The van der Waals surface area contributed by atoms with Gasteiger partial charge in [0.15, 0.2) is 5.13 Å². The number of carbonyl (C=O) groups is 1. The molecule has 0 saturated carbocycles. The van der Waals surface area contributed by atoms with Gasteiger partial charge in [-0.1, -0.05) is 12.1 Å². The second-order valence-corrected chi connectivity index (χ2v) is 8.01. The summed E-state index contributed by atoms with van der Waals surface area (Å²) < 4.78 is 38.9. The number of aromatic nitrogens is 3. The van der Waals surface area contributed by atoms with Gasteiger partial charge in [-0.25, -0.2) is 9.97 Å². The monoisotopic (exact) mass is 457 g/mol. The third-order valence-corrected chi connectivity index (χ3v) is 5.41. The second-order valence-electron chi connectivity index (χ2n) is 7.12. The number of nitrogens with one attached hydrogen (secondary N) is 2. The molecule has 4 aromatic rings. The van der Waals surface area contributed by atoms with Crippen LogP contribution in [0.15, 0.2) is 60.1 Å². The molecular weight excluding hydrogens is 439 g/mol. The lowest BCUT2D eigenvalue weighted by Gasteiger charge is -2.12. The van der Waals surface area contributed by atoms with Crippen LogP contribution in [0.2, 0.25) is 0 Å². The van der Waals surface area contributed by atoms with Crippen LogP contribution in [0.5, 0.6) is 0 Å². The molecule has 1 amide bonds. The zero-order valence-corrected chi connectivity index (χ0v) is 17.9. The first kappa shape index (κ1) is 21.6. The highest BCUT2D eigenvalue weighted by Gasteiger charge is 2.30. The minimum Gasteiger partial charge on any atom is -0.378 e. The van der Waals surface area contributed by atoms with Gasteiger partial charge in [-0.05, 0) is 36.4 Å². The molecule has 32 heavy (non-hydrogen) atoms. The van der Waals surface area contributed by atoms with Crippen molar-refractivity contribution in [3.8, 4) is 22.6 Å². The molecule has 0 aliphatic carbocycles. The first-order valence-electron chi connectivity index (χ1n) is 9.48. The van der Waals surface area contributed by atoms with Crippen molar-refractivity contribution in [3.63, 3.8) is 0 Å². The van der Waals surface area contributed by atoms with Crippen LogP contribution < -0.4 is 10.2 Å². The molecule has 2 aromatic carbocycles. The maximum absolute atomic E-state index is 13.0. The number of H-pyrrole nitrogens is 1. The summed E-state index contributed by atoms with van der Waals surface area (Å²) in [4.78, 5) is 26.5. The number of rotatable bonds is 5. The van der Waals surface area contributed by atoms with Crippen LogP contribution in [0.1, 0.15) is 16.1 Å². The highest BCUT2D eigenvalue weighted by Crippen LogP contribution is 2.33. The van der Waals surface area contributed by atoms with Crippen molar-refractivity contribution in [1.82, 2.24) is 15.0 Å². The predicted octanol–water partition coefficient (Wildman–Crippen LogP) is 5.54. The van der Waals surface area contributed by atoms with E-state index < -0.39 is 17.6 Å². The van der Waals surface area contributed by atoms with Gasteiger partial charge in [0.2, 0.25) is 0 Å². The summed E-state index contributed by atoms with van der Waals surface area (Å²) in [6.45, 7) is 0. The van der Waals surface area contributed by atoms with Gasteiger partial charge in [0.25, 0.3) is 5.91 Å². The Morgan fingerprint density at radius 2 is 1.69 bits per heavy atom. The van der Waals surface area contributed by atoms with Gasteiger partial charge >= 0.3 is 6.18 Å². The molecule has 10 heteroatoms. The number of halogens is 3. The molecule has 2 heterocycles. The molecule has 2 aromatic heterocycles. The molecule has 0 aliphatic rings. The Kier molecular flexibility index (Phi) is 5.70. The van der Waals surface area contributed by atoms with E-state index in [1.54, 1.807) is 11.6 Å². The van der Waals surface area contributed by atoms with Crippen molar-refractivity contribution >= 4 is 28.1 Å². The van der Waals surface area contributed by atoms with Crippen molar-refractivity contribution in [3.05, 3.63) is 71.4 Å². The van der Waals surface area contributed by atoms with Crippen molar-refractivity contribution in [2.45, 2.75) is 6.18 Å². The number of anilines is 2. The summed E-state index contributed by atoms with van der Waals surface area (Å²) in [6.07, 6.45) is -2.89. The van der Waals surface area contributed by atoms with Crippen LogP contribution in [0, 0.1) is 0 Å². The minimum atomic E-state index is -4.45. The molecule has 164 valence electrons. The predicted molar refractivity (Wildman–Crippen MR) is 119 cm³/mol. The number of benzene rings is 2. The number of aromatic amines is 1. The van der Waals surface area contributed by atoms with Gasteiger partial charge in [0, 0.05) is 42.5 Å². The van der Waals surface area contributed by atoms with Crippen molar-refractivity contribution in [2.24, 2.45) is 0 Å². The molecule has 0 bridgehead atoms. The lowest BCUT2D eigenvalue weighted by molar-refractivity contribution is -0.137. The highest BCUT2D eigenvalue weighted by atomic mass is 32.1. The Balaban J connectivity index is 1.75. The molecule has 6 nitrogen and oxygen atoms in total. The molecule has 0 spiro atoms. The Hall–Kier alpha value is -3.66. The molecule has 4 rings (SSSR count). The van der Waals surface area contributed by atoms with E-state index in [2.05, 4.69) is 20.3 Å². The maximum Gasteiger partial charge on any atom is 0.416 e. The fourth-order valence-corrected chi connectivity index (χ4v) is 3.59. The molecule has 0 atom stereocenters. The largest absolute Gasteiger partial charge is 0.416 e. The van der Waals surface area contributed by atoms with Crippen LogP contribution in [0.3, 0.4) is 0 Å². The standard InChI is InChI=1S/C22H18F3N5OS/c1-30(2)16-9-5-14(6-10-16)19-27-17(13-3-7-15(8-4-13)22(23,24)25)18(28-19)20(31)29-21-26-11-12-32-21/h3-12H,1-2H3,(H,27,28)(H,26,29,31). The van der Waals surface area contributed by atoms with Crippen LogP contribution in [-0.4, -0.2) is 35.0 Å². The number of amides is 1. The van der Waals surface area contributed by atoms with Crippen molar-refractivity contribution < 1.29 is 18.0 Å². The third kappa shape index (κ3) is 4.50. The van der Waals surface area contributed by atoms with E-state index in [4.69, 9.17) is 0 Å². The van der Waals surface area contributed by atoms with Crippen molar-refractivity contribution in [2.75, 3.05) is 24.3 Å². The fraction of sp³-hybridized carbons (Fsp3) is 0.136. The minimum absolute atomic E-state index is 0.131. The number of imidazole rings is 1.